The number of nitrogens with one attached hydrogen (secondary N) is 1. The summed E-state index contributed by atoms with van der Waals surface area (Å²) in [5, 5.41) is 12.2. The van der Waals surface area contributed by atoms with Gasteiger partial charge in [0.25, 0.3) is 0 Å². The summed E-state index contributed by atoms with van der Waals surface area (Å²) in [5.41, 5.74) is 1.79. The molecule has 2 rings (SSSR count). The monoisotopic (exact) mass is 256 g/mol. The Morgan fingerprint density at radius 1 is 1.47 bits per heavy atom. The molecule has 0 saturated carbocycles. The normalized spacial score (nSPS) is 20.8. The Balaban J connectivity index is 2.04. The van der Waals surface area contributed by atoms with Crippen molar-refractivity contribution in [3.05, 3.63) is 35.4 Å². The number of rotatable bonds is 3. The molecule has 0 saturated heterocycles. The lowest BCUT2D eigenvalue weighted by atomic mass is 9.85. The lowest BCUT2D eigenvalue weighted by Gasteiger charge is -2.28. The van der Waals surface area contributed by atoms with Crippen LogP contribution in [0.2, 0.25) is 0 Å². The minimum absolute atomic E-state index is 0.137. The van der Waals surface area contributed by atoms with Gasteiger partial charge in [0, 0.05) is 6.04 Å². The van der Waals surface area contributed by atoms with Gasteiger partial charge in [-0.15, -0.1) is 0 Å². The number of carbonyl (C=O) groups excluding carboxylic acids is 1. The van der Waals surface area contributed by atoms with Crippen molar-refractivity contribution in [2.75, 3.05) is 0 Å². The Morgan fingerprint density at radius 2 is 2.16 bits per heavy atom. The average molecular weight is 256 g/mol. The molecule has 100 valence electrons. The van der Waals surface area contributed by atoms with Crippen molar-refractivity contribution in [3.8, 4) is 6.07 Å². The number of aryl methyl sites for hydroxylation is 1. The van der Waals surface area contributed by atoms with Crippen LogP contribution in [0.25, 0.3) is 0 Å². The molecule has 19 heavy (non-hydrogen) atoms. The summed E-state index contributed by atoms with van der Waals surface area (Å²) in [4.78, 5) is 12.2. The largest absolute Gasteiger partial charge is 0.352 e. The number of nitrogens with zero attached hydrogens (tertiary/aromatic N) is 1. The van der Waals surface area contributed by atoms with E-state index in [4.69, 9.17) is 5.26 Å². The number of fused-ring (bicyclic) bond motifs is 1. The van der Waals surface area contributed by atoms with E-state index in [1.807, 2.05) is 13.0 Å². The summed E-state index contributed by atoms with van der Waals surface area (Å²) in [6, 6.07) is 10.6. The van der Waals surface area contributed by atoms with Crippen molar-refractivity contribution >= 4 is 5.91 Å². The summed E-state index contributed by atoms with van der Waals surface area (Å²) in [6.45, 7) is 3.58. The van der Waals surface area contributed by atoms with Crippen LogP contribution in [-0.2, 0) is 17.6 Å². The number of carbonyl (C=O) groups is 1. The van der Waals surface area contributed by atoms with Crippen LogP contribution in [0, 0.1) is 16.7 Å². The first-order valence-corrected chi connectivity index (χ1v) is 6.88. The van der Waals surface area contributed by atoms with E-state index in [9.17, 15) is 4.79 Å². The number of hydrogen-bond acceptors (Lipinski definition) is 2. The molecule has 3 nitrogen and oxygen atoms in total. The van der Waals surface area contributed by atoms with Gasteiger partial charge in [-0.1, -0.05) is 31.2 Å². The molecule has 1 aliphatic carbocycles. The van der Waals surface area contributed by atoms with Crippen LogP contribution in [0.3, 0.4) is 0 Å². The summed E-state index contributed by atoms with van der Waals surface area (Å²) in [7, 11) is 0. The zero-order valence-corrected chi connectivity index (χ0v) is 11.6. The molecule has 0 bridgehead atoms. The standard InChI is InChI=1S/C16H20N2O/c1-3-16(2,11-17)15(19)18-14-9-8-12-6-4-5-7-13(12)10-14/h4-7,14H,3,8-10H2,1-2H3,(H,18,19). The highest BCUT2D eigenvalue weighted by molar-refractivity contribution is 5.85. The lowest BCUT2D eigenvalue weighted by Crippen LogP contribution is -2.45. The maximum atomic E-state index is 12.2. The molecular formula is C16H20N2O. The maximum absolute atomic E-state index is 12.2. The van der Waals surface area contributed by atoms with Crippen molar-refractivity contribution in [2.24, 2.45) is 5.41 Å². The van der Waals surface area contributed by atoms with Gasteiger partial charge < -0.3 is 5.32 Å². The van der Waals surface area contributed by atoms with Crippen molar-refractivity contribution in [1.82, 2.24) is 5.32 Å². The first-order chi connectivity index (χ1) is 9.09. The van der Waals surface area contributed by atoms with Gasteiger partial charge in [0.1, 0.15) is 5.41 Å². The molecule has 0 aromatic heterocycles. The molecule has 1 aromatic rings. The van der Waals surface area contributed by atoms with Gasteiger partial charge in [-0.2, -0.15) is 5.26 Å². The SMILES string of the molecule is CCC(C)(C#N)C(=O)NC1CCc2ccccc2C1. The molecule has 1 N–H and O–H groups in total. The molecule has 0 aliphatic heterocycles. The number of benzene rings is 1. The first-order valence-electron chi connectivity index (χ1n) is 6.88. The molecule has 3 heteroatoms. The van der Waals surface area contributed by atoms with E-state index in [-0.39, 0.29) is 11.9 Å². The fraction of sp³-hybridized carbons (Fsp3) is 0.500. The van der Waals surface area contributed by atoms with Crippen LogP contribution < -0.4 is 5.32 Å². The average Bonchev–Trinajstić information content (AvgIpc) is 2.46. The van der Waals surface area contributed by atoms with E-state index in [0.717, 1.165) is 19.3 Å². The number of nitriles is 1. The van der Waals surface area contributed by atoms with E-state index in [2.05, 4.69) is 29.6 Å². The smallest absolute Gasteiger partial charge is 0.240 e. The van der Waals surface area contributed by atoms with E-state index in [0.29, 0.717) is 6.42 Å². The maximum Gasteiger partial charge on any atom is 0.240 e. The van der Waals surface area contributed by atoms with Crippen molar-refractivity contribution in [1.29, 1.82) is 5.26 Å². The molecule has 0 fully saturated rings. The molecule has 0 spiro atoms. The Hall–Kier alpha value is -1.82. The molecule has 1 amide bonds. The van der Waals surface area contributed by atoms with Gasteiger partial charge in [0.05, 0.1) is 6.07 Å². The third kappa shape index (κ3) is 2.78. The summed E-state index contributed by atoms with van der Waals surface area (Å²) < 4.78 is 0. The van der Waals surface area contributed by atoms with Crippen LogP contribution in [-0.4, -0.2) is 11.9 Å². The van der Waals surface area contributed by atoms with Crippen LogP contribution in [0.1, 0.15) is 37.8 Å². The highest BCUT2D eigenvalue weighted by atomic mass is 16.2. The Morgan fingerprint density at radius 3 is 2.79 bits per heavy atom. The molecule has 1 aliphatic rings. The second-order valence-corrected chi connectivity index (χ2v) is 5.48. The highest BCUT2D eigenvalue weighted by Gasteiger charge is 2.33. The second-order valence-electron chi connectivity index (χ2n) is 5.48. The minimum Gasteiger partial charge on any atom is -0.352 e. The number of hydrogen-bond donors (Lipinski definition) is 1. The zero-order valence-electron chi connectivity index (χ0n) is 11.6. The fourth-order valence-electron chi connectivity index (χ4n) is 2.46. The quantitative estimate of drug-likeness (QED) is 0.903. The predicted molar refractivity (Wildman–Crippen MR) is 74.4 cm³/mol. The van der Waals surface area contributed by atoms with Crippen LogP contribution in [0.15, 0.2) is 24.3 Å². The van der Waals surface area contributed by atoms with Crippen LogP contribution in [0.5, 0.6) is 0 Å². The van der Waals surface area contributed by atoms with Crippen molar-refractivity contribution in [2.45, 2.75) is 45.6 Å². The van der Waals surface area contributed by atoms with E-state index >= 15 is 0 Å². The van der Waals surface area contributed by atoms with Crippen molar-refractivity contribution < 1.29 is 4.79 Å². The third-order valence-electron chi connectivity index (χ3n) is 4.14. The summed E-state index contributed by atoms with van der Waals surface area (Å²) >= 11 is 0. The number of amides is 1. The Bertz CT molecular complexity index is 518. The predicted octanol–water partition coefficient (Wildman–Crippen LogP) is 2.60. The van der Waals surface area contributed by atoms with Gasteiger partial charge in [0.15, 0.2) is 0 Å². The van der Waals surface area contributed by atoms with Gasteiger partial charge >= 0.3 is 0 Å². The minimum atomic E-state index is -0.906. The van der Waals surface area contributed by atoms with Crippen LogP contribution in [0.4, 0.5) is 0 Å². The molecule has 1 aromatic carbocycles. The van der Waals surface area contributed by atoms with Gasteiger partial charge in [0.2, 0.25) is 5.91 Å². The van der Waals surface area contributed by atoms with Gasteiger partial charge in [-0.05, 0) is 43.7 Å². The van der Waals surface area contributed by atoms with Gasteiger partial charge in [-0.25, -0.2) is 0 Å². The molecule has 0 heterocycles. The third-order valence-corrected chi connectivity index (χ3v) is 4.14. The van der Waals surface area contributed by atoms with Crippen LogP contribution >= 0.6 is 0 Å². The highest BCUT2D eigenvalue weighted by Crippen LogP contribution is 2.24. The topological polar surface area (TPSA) is 52.9 Å². The van der Waals surface area contributed by atoms with E-state index in [1.165, 1.54) is 11.1 Å². The molecule has 0 radical (unpaired) electrons. The Kier molecular flexibility index (Phi) is 3.90. The summed E-state index contributed by atoms with van der Waals surface area (Å²) in [6.07, 6.45) is 3.36. The molecule has 2 unspecified atom stereocenters. The fourth-order valence-corrected chi connectivity index (χ4v) is 2.46. The molecule has 2 atom stereocenters. The summed E-state index contributed by atoms with van der Waals surface area (Å²) in [5.74, 6) is -0.137. The van der Waals surface area contributed by atoms with E-state index in [1.54, 1.807) is 6.92 Å². The van der Waals surface area contributed by atoms with E-state index < -0.39 is 5.41 Å². The van der Waals surface area contributed by atoms with Gasteiger partial charge in [-0.3, -0.25) is 4.79 Å². The first kappa shape index (κ1) is 13.6. The van der Waals surface area contributed by atoms with Crippen molar-refractivity contribution in [3.63, 3.8) is 0 Å². The Labute approximate surface area is 114 Å². The lowest BCUT2D eigenvalue weighted by molar-refractivity contribution is -0.128. The zero-order chi connectivity index (χ0) is 13.9. The second kappa shape index (κ2) is 5.44. The molecular weight excluding hydrogens is 236 g/mol.